The van der Waals surface area contributed by atoms with E-state index in [9.17, 15) is 9.59 Å². The van der Waals surface area contributed by atoms with Crippen LogP contribution in [0.2, 0.25) is 0 Å². The molecule has 1 aliphatic carbocycles. The van der Waals surface area contributed by atoms with Gasteiger partial charge in [0.2, 0.25) is 0 Å². The summed E-state index contributed by atoms with van der Waals surface area (Å²) >= 11 is 3.43. The molecule has 120 valence electrons. The zero-order chi connectivity index (χ0) is 16.2. The molecule has 1 fully saturated rings. The molecule has 0 atom stereocenters. The third-order valence-electron chi connectivity index (χ3n) is 4.15. The number of aromatic nitrogens is 1. The predicted molar refractivity (Wildman–Crippen MR) is 92.3 cm³/mol. The van der Waals surface area contributed by atoms with Crippen molar-refractivity contribution in [1.82, 2.24) is 15.6 Å². The molecule has 0 radical (unpaired) electrons. The van der Waals surface area contributed by atoms with Crippen LogP contribution in [0.25, 0.3) is 0 Å². The molecular weight excluding hydrogens is 358 g/mol. The Hall–Kier alpha value is -2.08. The van der Waals surface area contributed by atoms with Crippen molar-refractivity contribution in [3.05, 3.63) is 68.5 Å². The highest BCUT2D eigenvalue weighted by molar-refractivity contribution is 9.10. The zero-order valence-electron chi connectivity index (χ0n) is 12.5. The number of carbonyl (C=O) groups is 1. The van der Waals surface area contributed by atoms with Gasteiger partial charge in [-0.1, -0.05) is 34.1 Å². The quantitative estimate of drug-likeness (QED) is 0.768. The smallest absolute Gasteiger partial charge is 0.315 e. The molecule has 1 aromatic heterocycles. The van der Waals surface area contributed by atoms with Crippen LogP contribution in [0.15, 0.2) is 51.9 Å². The third-order valence-corrected chi connectivity index (χ3v) is 4.68. The van der Waals surface area contributed by atoms with Crippen LogP contribution in [0.1, 0.15) is 29.9 Å². The summed E-state index contributed by atoms with van der Waals surface area (Å²) in [6.45, 7) is 0.227. The lowest BCUT2D eigenvalue weighted by molar-refractivity contribution is 0.222. The Morgan fingerprint density at radius 2 is 1.96 bits per heavy atom. The number of rotatable bonds is 4. The van der Waals surface area contributed by atoms with E-state index in [4.69, 9.17) is 0 Å². The molecule has 1 saturated carbocycles. The highest BCUT2D eigenvalue weighted by atomic mass is 79.9. The molecule has 23 heavy (non-hydrogen) atoms. The maximum Gasteiger partial charge on any atom is 0.315 e. The van der Waals surface area contributed by atoms with Crippen LogP contribution in [0.3, 0.4) is 0 Å². The van der Waals surface area contributed by atoms with Gasteiger partial charge in [-0.15, -0.1) is 0 Å². The molecule has 0 bridgehead atoms. The van der Waals surface area contributed by atoms with Gasteiger partial charge >= 0.3 is 6.03 Å². The van der Waals surface area contributed by atoms with Gasteiger partial charge in [0.1, 0.15) is 0 Å². The van der Waals surface area contributed by atoms with Gasteiger partial charge in [0.25, 0.3) is 5.56 Å². The van der Waals surface area contributed by atoms with Gasteiger partial charge in [-0.05, 0) is 42.5 Å². The van der Waals surface area contributed by atoms with Crippen molar-refractivity contribution in [3.63, 3.8) is 0 Å². The molecule has 0 aliphatic heterocycles. The van der Waals surface area contributed by atoms with Gasteiger partial charge < -0.3 is 15.6 Å². The van der Waals surface area contributed by atoms with Gasteiger partial charge in [0.05, 0.1) is 0 Å². The van der Waals surface area contributed by atoms with Crippen molar-refractivity contribution in [2.75, 3.05) is 0 Å². The Bertz CT molecular complexity index is 736. The van der Waals surface area contributed by atoms with Gasteiger partial charge in [-0.2, -0.15) is 0 Å². The molecule has 6 heteroatoms. The number of nitrogens with one attached hydrogen (secondary N) is 3. The van der Waals surface area contributed by atoms with Crippen molar-refractivity contribution >= 4 is 22.0 Å². The fraction of sp³-hybridized carbons (Fsp3) is 0.294. The van der Waals surface area contributed by atoms with Crippen LogP contribution in [-0.2, 0) is 6.54 Å². The third kappa shape index (κ3) is 4.01. The number of hydrogen-bond acceptors (Lipinski definition) is 2. The summed E-state index contributed by atoms with van der Waals surface area (Å²) in [5.74, 6) is 0.505. The summed E-state index contributed by atoms with van der Waals surface area (Å²) < 4.78 is 1.07. The van der Waals surface area contributed by atoms with E-state index in [1.54, 1.807) is 18.3 Å². The van der Waals surface area contributed by atoms with Crippen LogP contribution in [0, 0.1) is 0 Å². The van der Waals surface area contributed by atoms with Crippen LogP contribution in [-0.4, -0.2) is 17.1 Å². The van der Waals surface area contributed by atoms with E-state index in [2.05, 4.69) is 43.7 Å². The number of pyridine rings is 1. The molecule has 3 rings (SSSR count). The van der Waals surface area contributed by atoms with Crippen LogP contribution in [0.5, 0.6) is 0 Å². The molecule has 0 unspecified atom stereocenters. The normalized spacial score (nSPS) is 19.7. The largest absolute Gasteiger partial charge is 0.335 e. The zero-order valence-corrected chi connectivity index (χ0v) is 14.1. The minimum atomic E-state index is -0.229. The Balaban J connectivity index is 1.43. The number of halogens is 1. The molecule has 3 N–H and O–H groups in total. The lowest BCUT2D eigenvalue weighted by Crippen LogP contribution is -2.47. The topological polar surface area (TPSA) is 74.0 Å². The number of H-pyrrole nitrogens is 1. The SMILES string of the molecule is O=C(NCc1ccc[nH]c1=O)NC1CC(c2ccc(Br)cc2)C1. The summed E-state index contributed by atoms with van der Waals surface area (Å²) in [5.41, 5.74) is 1.68. The molecule has 2 amide bonds. The Labute approximate surface area is 142 Å². The molecule has 0 spiro atoms. The van der Waals surface area contributed by atoms with Crippen LogP contribution >= 0.6 is 15.9 Å². The molecule has 1 heterocycles. The lowest BCUT2D eigenvalue weighted by atomic mass is 9.76. The number of amides is 2. The first-order valence-corrected chi connectivity index (χ1v) is 8.37. The summed E-state index contributed by atoms with van der Waals surface area (Å²) in [5, 5.41) is 5.67. The van der Waals surface area contributed by atoms with Crippen molar-refractivity contribution in [2.24, 2.45) is 0 Å². The van der Waals surface area contributed by atoms with Crippen molar-refractivity contribution in [2.45, 2.75) is 31.3 Å². The number of aromatic amines is 1. The van der Waals surface area contributed by atoms with E-state index in [1.165, 1.54) is 5.56 Å². The average Bonchev–Trinajstić information content (AvgIpc) is 2.51. The Morgan fingerprint density at radius 1 is 1.22 bits per heavy atom. The summed E-state index contributed by atoms with van der Waals surface area (Å²) in [4.78, 5) is 26.0. The van der Waals surface area contributed by atoms with Crippen molar-refractivity contribution in [1.29, 1.82) is 0 Å². The molecule has 5 nitrogen and oxygen atoms in total. The van der Waals surface area contributed by atoms with E-state index >= 15 is 0 Å². The second-order valence-electron chi connectivity index (χ2n) is 5.77. The maximum absolute atomic E-state index is 11.9. The fourth-order valence-corrected chi connectivity index (χ4v) is 3.01. The fourth-order valence-electron chi connectivity index (χ4n) is 2.75. The summed E-state index contributed by atoms with van der Waals surface area (Å²) in [6.07, 6.45) is 3.46. The molecular formula is C17H18BrN3O2. The summed E-state index contributed by atoms with van der Waals surface area (Å²) in [6, 6.07) is 11.7. The van der Waals surface area contributed by atoms with Crippen molar-refractivity contribution in [3.8, 4) is 0 Å². The molecule has 0 saturated heterocycles. The summed E-state index contributed by atoms with van der Waals surface area (Å²) in [7, 11) is 0. The second kappa shape index (κ2) is 7.00. The average molecular weight is 376 g/mol. The van der Waals surface area contributed by atoms with E-state index in [0.717, 1.165) is 17.3 Å². The Morgan fingerprint density at radius 3 is 2.65 bits per heavy atom. The second-order valence-corrected chi connectivity index (χ2v) is 6.68. The van der Waals surface area contributed by atoms with Crippen LogP contribution in [0.4, 0.5) is 4.79 Å². The van der Waals surface area contributed by atoms with Crippen molar-refractivity contribution < 1.29 is 4.79 Å². The Kier molecular flexibility index (Phi) is 4.81. The first-order chi connectivity index (χ1) is 11.1. The minimum absolute atomic E-state index is 0.174. The first-order valence-electron chi connectivity index (χ1n) is 7.58. The highest BCUT2D eigenvalue weighted by Gasteiger charge is 2.31. The van der Waals surface area contributed by atoms with Crippen LogP contribution < -0.4 is 16.2 Å². The van der Waals surface area contributed by atoms with Gasteiger partial charge in [0.15, 0.2) is 0 Å². The predicted octanol–water partition coefficient (Wildman–Crippen LogP) is 2.88. The standard InChI is InChI=1S/C17H18BrN3O2/c18-14-5-3-11(4-6-14)13-8-15(9-13)21-17(23)20-10-12-2-1-7-19-16(12)22/h1-7,13,15H,8-10H2,(H,19,22)(H2,20,21,23). The number of benzene rings is 1. The van der Waals surface area contributed by atoms with E-state index < -0.39 is 0 Å². The minimum Gasteiger partial charge on any atom is -0.335 e. The highest BCUT2D eigenvalue weighted by Crippen LogP contribution is 2.37. The van der Waals surface area contributed by atoms with E-state index in [0.29, 0.717) is 11.5 Å². The van der Waals surface area contributed by atoms with Gasteiger partial charge in [-0.3, -0.25) is 4.79 Å². The number of urea groups is 1. The van der Waals surface area contributed by atoms with Gasteiger partial charge in [-0.25, -0.2) is 4.79 Å². The molecule has 1 aliphatic rings. The van der Waals surface area contributed by atoms with Gasteiger partial charge in [0, 0.05) is 28.8 Å². The molecule has 2 aromatic rings. The number of hydrogen-bond donors (Lipinski definition) is 3. The molecule has 1 aromatic carbocycles. The number of carbonyl (C=O) groups excluding carboxylic acids is 1. The first kappa shape index (κ1) is 15.8. The van der Waals surface area contributed by atoms with E-state index in [1.807, 2.05) is 12.1 Å². The van der Waals surface area contributed by atoms with E-state index in [-0.39, 0.29) is 24.2 Å². The maximum atomic E-state index is 11.9. The lowest BCUT2D eigenvalue weighted by Gasteiger charge is -2.36. The monoisotopic (exact) mass is 375 g/mol.